The first-order valence-electron chi connectivity index (χ1n) is 17.2. The Kier molecular flexibility index (Phi) is 10.2. The van der Waals surface area contributed by atoms with Gasteiger partial charge in [0.1, 0.15) is 24.9 Å². The van der Waals surface area contributed by atoms with Crippen molar-refractivity contribution < 1.29 is 34.3 Å². The van der Waals surface area contributed by atoms with E-state index in [9.17, 15) is 24.6 Å². The predicted molar refractivity (Wildman–Crippen MR) is 198 cm³/mol. The van der Waals surface area contributed by atoms with E-state index in [1.54, 1.807) is 140 Å². The molecule has 0 bridgehead atoms. The maximum absolute atomic E-state index is 15.2. The number of hydrogen-bond acceptors (Lipinski definition) is 9. The van der Waals surface area contributed by atoms with Crippen molar-refractivity contribution in [3.05, 3.63) is 212 Å². The molecule has 3 N–H and O–H groups in total. The summed E-state index contributed by atoms with van der Waals surface area (Å²) < 4.78 is 7.90. The molecule has 2 heterocycles. The maximum atomic E-state index is 15.2. The van der Waals surface area contributed by atoms with Crippen LogP contribution < -0.4 is 11.2 Å². The number of nitrogens with one attached hydrogen (secondary N) is 1. The molecule has 11 nitrogen and oxygen atoms in total. The average molecular weight is 725 g/mol. The largest absolute Gasteiger partial charge is 0.387 e. The summed E-state index contributed by atoms with van der Waals surface area (Å²) in [5.41, 5.74) is -4.53. The lowest BCUT2D eigenvalue weighted by Crippen LogP contribution is -2.64. The lowest BCUT2D eigenvalue weighted by atomic mass is 9.59. The summed E-state index contributed by atoms with van der Waals surface area (Å²) in [4.78, 5) is 68.9. The summed E-state index contributed by atoms with van der Waals surface area (Å²) in [6.45, 7) is -0.392. The Bertz CT molecular complexity index is 2340. The first-order chi connectivity index (χ1) is 26.3. The molecule has 0 spiro atoms. The van der Waals surface area contributed by atoms with Crippen LogP contribution in [0, 0.1) is 0 Å². The summed E-state index contributed by atoms with van der Waals surface area (Å²) in [5.74, 6) is -0.987. The maximum Gasteiger partial charge on any atom is 0.330 e. The van der Waals surface area contributed by atoms with Crippen molar-refractivity contribution in [1.29, 1.82) is 0 Å². The number of nitrogens with zero attached hydrogens (tertiary/aromatic N) is 1. The number of aliphatic hydroxyl groups excluding tert-OH is 2. The smallest absolute Gasteiger partial charge is 0.330 e. The Balaban J connectivity index is 1.72. The van der Waals surface area contributed by atoms with Crippen molar-refractivity contribution in [1.82, 2.24) is 9.55 Å². The van der Waals surface area contributed by atoms with Gasteiger partial charge in [0.05, 0.1) is 12.5 Å². The zero-order chi connectivity index (χ0) is 37.9. The van der Waals surface area contributed by atoms with Crippen molar-refractivity contribution in [2.24, 2.45) is 0 Å². The molecule has 4 atom stereocenters. The average Bonchev–Trinajstić information content (AvgIpc) is 3.47. The van der Waals surface area contributed by atoms with Crippen LogP contribution in [0.3, 0.4) is 0 Å². The number of ketones is 2. The number of aromatic nitrogens is 2. The monoisotopic (exact) mass is 724 g/mol. The van der Waals surface area contributed by atoms with Crippen LogP contribution in [0.15, 0.2) is 161 Å². The standard InChI is InChI=1S/C43H36N2O9/c1-52-53-27-34-39(49)40(50)43(54-34,45-26-25-35(46)44-41(45)51)42(30-19-10-4-11-20-30,31-21-12-5-13-22-31)33-24-14-23-32(37(47)28-15-6-2-7-16-28)36(33)38(48)29-17-8-3-9-18-29/h2-26,34,39-40,49-50H,27H2,1H3,(H,44,46,51)/t34-,39-,40-,43+/m1/s1. The third kappa shape index (κ3) is 5.94. The van der Waals surface area contributed by atoms with Crippen LogP contribution in [-0.2, 0) is 25.7 Å². The molecule has 272 valence electrons. The lowest BCUT2D eigenvalue weighted by molar-refractivity contribution is -0.296. The second-order valence-corrected chi connectivity index (χ2v) is 12.8. The Morgan fingerprint density at radius 2 is 1.28 bits per heavy atom. The summed E-state index contributed by atoms with van der Waals surface area (Å²) in [5, 5.41) is 24.5. The number of carbonyl (C=O) groups excluding carboxylic acids is 2. The van der Waals surface area contributed by atoms with Crippen LogP contribution in [0.1, 0.15) is 48.5 Å². The molecule has 7 rings (SSSR count). The normalized spacial score (nSPS) is 19.7. The van der Waals surface area contributed by atoms with Gasteiger partial charge < -0.3 is 14.9 Å². The second kappa shape index (κ2) is 15.1. The van der Waals surface area contributed by atoms with Gasteiger partial charge in [-0.25, -0.2) is 14.6 Å². The Hall–Kier alpha value is -6.08. The zero-order valence-electron chi connectivity index (χ0n) is 29.1. The molecule has 1 fully saturated rings. The first-order valence-corrected chi connectivity index (χ1v) is 17.2. The summed E-state index contributed by atoms with van der Waals surface area (Å²) in [7, 11) is 1.27. The number of benzene rings is 5. The van der Waals surface area contributed by atoms with Crippen LogP contribution in [0.2, 0.25) is 0 Å². The fourth-order valence-electron chi connectivity index (χ4n) is 7.68. The molecule has 1 aliphatic rings. The lowest BCUT2D eigenvalue weighted by Gasteiger charge is -2.51. The van der Waals surface area contributed by atoms with E-state index in [0.29, 0.717) is 16.7 Å². The first kappa shape index (κ1) is 36.3. The van der Waals surface area contributed by atoms with Gasteiger partial charge in [-0.15, -0.1) is 0 Å². The SMILES string of the molecule is COOC[C@H]1O[C@](n2ccc(=O)[nH]c2=O)(C(c2ccccc2)(c2ccccc2)c2cccc(C(=O)c3ccccc3)c2C(=O)c2ccccc2)[C@H](O)[C@@H]1O. The van der Waals surface area contributed by atoms with Crippen LogP contribution in [0.5, 0.6) is 0 Å². The molecule has 5 aromatic carbocycles. The van der Waals surface area contributed by atoms with Crippen LogP contribution >= 0.6 is 0 Å². The van der Waals surface area contributed by atoms with E-state index in [4.69, 9.17) is 14.5 Å². The highest BCUT2D eigenvalue weighted by atomic mass is 17.2. The predicted octanol–water partition coefficient (Wildman–Crippen LogP) is 4.38. The Labute approximate surface area is 309 Å². The van der Waals surface area contributed by atoms with E-state index in [-0.39, 0.29) is 22.3 Å². The van der Waals surface area contributed by atoms with Crippen molar-refractivity contribution in [3.8, 4) is 0 Å². The Morgan fingerprint density at radius 1 is 0.741 bits per heavy atom. The molecular formula is C43H36N2O9. The highest BCUT2D eigenvalue weighted by molar-refractivity contribution is 6.20. The van der Waals surface area contributed by atoms with E-state index in [1.165, 1.54) is 13.3 Å². The quantitative estimate of drug-likeness (QED) is 0.0721. The van der Waals surface area contributed by atoms with E-state index in [1.807, 2.05) is 0 Å². The molecule has 0 radical (unpaired) electrons. The van der Waals surface area contributed by atoms with Gasteiger partial charge in [0.2, 0.25) is 0 Å². The third-order valence-corrected chi connectivity index (χ3v) is 9.93. The minimum atomic E-state index is -2.40. The van der Waals surface area contributed by atoms with Crippen LogP contribution in [-0.4, -0.2) is 63.4 Å². The van der Waals surface area contributed by atoms with Gasteiger partial charge in [0.25, 0.3) is 5.56 Å². The van der Waals surface area contributed by atoms with Gasteiger partial charge in [0.15, 0.2) is 17.3 Å². The second-order valence-electron chi connectivity index (χ2n) is 12.8. The van der Waals surface area contributed by atoms with Crippen molar-refractivity contribution >= 4 is 11.6 Å². The molecule has 0 amide bonds. The van der Waals surface area contributed by atoms with E-state index in [2.05, 4.69) is 4.98 Å². The van der Waals surface area contributed by atoms with Gasteiger partial charge in [-0.3, -0.25) is 23.9 Å². The molecule has 11 heteroatoms. The molecule has 0 saturated carbocycles. The van der Waals surface area contributed by atoms with Gasteiger partial charge in [-0.2, -0.15) is 0 Å². The number of aliphatic hydroxyl groups is 2. The fourth-order valence-corrected chi connectivity index (χ4v) is 7.68. The van der Waals surface area contributed by atoms with Crippen LogP contribution in [0.25, 0.3) is 0 Å². The molecular weight excluding hydrogens is 688 g/mol. The van der Waals surface area contributed by atoms with Crippen LogP contribution in [0.4, 0.5) is 0 Å². The molecule has 0 unspecified atom stereocenters. The number of carbonyl (C=O) groups is 2. The highest BCUT2D eigenvalue weighted by Crippen LogP contribution is 2.58. The number of H-pyrrole nitrogens is 1. The topological polar surface area (TPSA) is 157 Å². The molecule has 1 aromatic heterocycles. The molecule has 1 aliphatic heterocycles. The van der Waals surface area contributed by atoms with E-state index >= 15 is 4.79 Å². The summed E-state index contributed by atoms with van der Waals surface area (Å²) >= 11 is 0. The minimum Gasteiger partial charge on any atom is -0.387 e. The van der Waals surface area contributed by atoms with Gasteiger partial charge in [-0.1, -0.05) is 140 Å². The molecule has 1 saturated heterocycles. The number of ether oxygens (including phenoxy) is 1. The minimum absolute atomic E-state index is 0.0380. The summed E-state index contributed by atoms with van der Waals surface area (Å²) in [6.07, 6.45) is -3.82. The van der Waals surface area contributed by atoms with Crippen molar-refractivity contribution in [3.63, 3.8) is 0 Å². The van der Waals surface area contributed by atoms with Crippen molar-refractivity contribution in [2.75, 3.05) is 13.7 Å². The molecule has 0 aliphatic carbocycles. The highest BCUT2D eigenvalue weighted by Gasteiger charge is 2.69. The van der Waals surface area contributed by atoms with E-state index in [0.717, 1.165) is 10.6 Å². The molecule has 6 aromatic rings. The molecule has 54 heavy (non-hydrogen) atoms. The number of rotatable bonds is 12. The van der Waals surface area contributed by atoms with Crippen molar-refractivity contribution in [2.45, 2.75) is 29.5 Å². The third-order valence-electron chi connectivity index (χ3n) is 9.93. The summed E-state index contributed by atoms with van der Waals surface area (Å²) in [6, 6.07) is 40.4. The zero-order valence-corrected chi connectivity index (χ0v) is 29.1. The number of hydrogen-bond donors (Lipinski definition) is 3. The van der Waals surface area contributed by atoms with Gasteiger partial charge >= 0.3 is 5.69 Å². The fraction of sp³-hybridized carbons (Fsp3) is 0.163. The van der Waals surface area contributed by atoms with E-state index < -0.39 is 58.9 Å². The van der Waals surface area contributed by atoms with Gasteiger partial charge in [-0.05, 0) is 16.7 Å². The van der Waals surface area contributed by atoms with Gasteiger partial charge in [0, 0.05) is 34.5 Å². The number of aromatic amines is 1. The Morgan fingerprint density at radius 3 is 1.81 bits per heavy atom.